The molecule has 110 valence electrons. The number of amides is 1. The van der Waals surface area contributed by atoms with Crippen LogP contribution in [0.2, 0.25) is 0 Å². The minimum atomic E-state index is -1.64. The molecule has 0 unspecified atom stereocenters. The largest absolute Gasteiger partial charge is 0.385 e. The average Bonchev–Trinajstić information content (AvgIpc) is 2.48. The van der Waals surface area contributed by atoms with Gasteiger partial charge in [-0.05, 0) is 31.2 Å². The van der Waals surface area contributed by atoms with Crippen molar-refractivity contribution in [1.29, 1.82) is 0 Å². The van der Waals surface area contributed by atoms with Crippen molar-refractivity contribution in [2.75, 3.05) is 17.2 Å². The normalized spacial score (nSPS) is 10.3. The number of nitrogens with zero attached hydrogens (tertiary/aromatic N) is 1. The van der Waals surface area contributed by atoms with Crippen molar-refractivity contribution in [3.05, 3.63) is 53.6 Å². The van der Waals surface area contributed by atoms with Crippen molar-refractivity contribution in [1.82, 2.24) is 4.98 Å². The number of anilines is 2. The van der Waals surface area contributed by atoms with Crippen molar-refractivity contribution in [2.45, 2.75) is 6.92 Å². The van der Waals surface area contributed by atoms with Gasteiger partial charge in [0.15, 0.2) is 17.5 Å². The lowest BCUT2D eigenvalue weighted by Crippen LogP contribution is -2.15. The van der Waals surface area contributed by atoms with E-state index in [0.29, 0.717) is 12.2 Å². The Morgan fingerprint density at radius 3 is 2.67 bits per heavy atom. The molecule has 0 saturated heterocycles. The lowest BCUT2D eigenvalue weighted by molar-refractivity contribution is 0.102. The van der Waals surface area contributed by atoms with E-state index in [1.54, 1.807) is 6.07 Å². The minimum Gasteiger partial charge on any atom is -0.385 e. The number of halogens is 3. The van der Waals surface area contributed by atoms with E-state index < -0.39 is 29.0 Å². The highest BCUT2D eigenvalue weighted by Gasteiger charge is 2.16. The van der Waals surface area contributed by atoms with Gasteiger partial charge in [-0.25, -0.2) is 13.2 Å². The number of aromatic nitrogens is 1. The molecule has 0 aliphatic rings. The molecule has 1 heterocycles. The van der Waals surface area contributed by atoms with Crippen LogP contribution in [0.4, 0.5) is 24.5 Å². The molecule has 2 N–H and O–H groups in total. The molecule has 0 bridgehead atoms. The lowest BCUT2D eigenvalue weighted by atomic mass is 10.2. The van der Waals surface area contributed by atoms with Crippen molar-refractivity contribution in [3.8, 4) is 0 Å². The summed E-state index contributed by atoms with van der Waals surface area (Å²) in [6.07, 6.45) is 1.41. The first kappa shape index (κ1) is 14.8. The molecule has 2 rings (SSSR count). The van der Waals surface area contributed by atoms with E-state index in [1.165, 1.54) is 12.3 Å². The third-order valence-corrected chi connectivity index (χ3v) is 2.66. The molecule has 1 amide bonds. The fraction of sp³-hybridized carbons (Fsp3) is 0.143. The van der Waals surface area contributed by atoms with E-state index in [4.69, 9.17) is 0 Å². The molecule has 1 aromatic carbocycles. The zero-order valence-corrected chi connectivity index (χ0v) is 11.1. The van der Waals surface area contributed by atoms with Gasteiger partial charge in [0.25, 0.3) is 5.91 Å². The minimum absolute atomic E-state index is 0.0255. The van der Waals surface area contributed by atoms with Crippen LogP contribution in [-0.2, 0) is 0 Å². The molecule has 0 fully saturated rings. The van der Waals surface area contributed by atoms with Crippen LogP contribution in [0.15, 0.2) is 30.5 Å². The van der Waals surface area contributed by atoms with Gasteiger partial charge < -0.3 is 10.6 Å². The summed E-state index contributed by atoms with van der Waals surface area (Å²) in [5.74, 6) is -5.13. The Morgan fingerprint density at radius 2 is 1.95 bits per heavy atom. The highest BCUT2D eigenvalue weighted by Crippen LogP contribution is 2.20. The molecule has 21 heavy (non-hydrogen) atoms. The predicted octanol–water partition coefficient (Wildman–Crippen LogP) is 3.18. The summed E-state index contributed by atoms with van der Waals surface area (Å²) in [4.78, 5) is 15.8. The molecule has 4 nitrogen and oxygen atoms in total. The zero-order valence-electron chi connectivity index (χ0n) is 11.1. The van der Waals surface area contributed by atoms with E-state index in [1.807, 2.05) is 6.92 Å². The molecule has 0 spiro atoms. The summed E-state index contributed by atoms with van der Waals surface area (Å²) in [7, 11) is 0. The fourth-order valence-corrected chi connectivity index (χ4v) is 1.68. The Balaban J connectivity index is 2.22. The van der Waals surface area contributed by atoms with Crippen LogP contribution in [0.3, 0.4) is 0 Å². The topological polar surface area (TPSA) is 54.0 Å². The Morgan fingerprint density at radius 1 is 1.19 bits per heavy atom. The van der Waals surface area contributed by atoms with Gasteiger partial charge in [-0.3, -0.25) is 9.78 Å². The average molecular weight is 295 g/mol. The maximum absolute atomic E-state index is 13.5. The third-order valence-electron chi connectivity index (χ3n) is 2.66. The Labute approximate surface area is 119 Å². The Kier molecular flexibility index (Phi) is 4.42. The van der Waals surface area contributed by atoms with Gasteiger partial charge in [0.1, 0.15) is 5.69 Å². The summed E-state index contributed by atoms with van der Waals surface area (Å²) < 4.78 is 39.4. The van der Waals surface area contributed by atoms with Crippen LogP contribution in [0.1, 0.15) is 17.4 Å². The second-order valence-electron chi connectivity index (χ2n) is 4.14. The molecular weight excluding hydrogens is 283 g/mol. The van der Waals surface area contributed by atoms with Crippen molar-refractivity contribution >= 4 is 17.3 Å². The number of rotatable bonds is 4. The van der Waals surface area contributed by atoms with Gasteiger partial charge in [-0.2, -0.15) is 0 Å². The molecule has 1 aromatic heterocycles. The summed E-state index contributed by atoms with van der Waals surface area (Å²) in [6.45, 7) is 2.54. The summed E-state index contributed by atoms with van der Waals surface area (Å²) in [6, 6.07) is 4.81. The number of carbonyl (C=O) groups excluding carboxylic acids is 1. The van der Waals surface area contributed by atoms with Gasteiger partial charge in [-0.15, -0.1) is 0 Å². The first-order valence-electron chi connectivity index (χ1n) is 6.17. The second-order valence-corrected chi connectivity index (χ2v) is 4.14. The van der Waals surface area contributed by atoms with E-state index >= 15 is 0 Å². The zero-order chi connectivity index (χ0) is 15.4. The maximum atomic E-state index is 13.5. The van der Waals surface area contributed by atoms with Gasteiger partial charge in [-0.1, -0.05) is 0 Å². The van der Waals surface area contributed by atoms with Crippen LogP contribution in [0, 0.1) is 17.5 Å². The van der Waals surface area contributed by atoms with Crippen LogP contribution >= 0.6 is 0 Å². The van der Waals surface area contributed by atoms with Gasteiger partial charge in [0.2, 0.25) is 0 Å². The fourth-order valence-electron chi connectivity index (χ4n) is 1.68. The molecule has 0 atom stereocenters. The standard InChI is InChI=1S/C14H12F3N3O/c1-2-18-8-5-6-19-11(7-8)14(21)20-10-4-3-9(15)12(16)13(10)17/h3-7H,2H2,1H3,(H,18,19)(H,20,21). The summed E-state index contributed by atoms with van der Waals surface area (Å²) in [5.41, 5.74) is 0.246. The van der Waals surface area contributed by atoms with E-state index in [2.05, 4.69) is 15.6 Å². The van der Waals surface area contributed by atoms with E-state index in [9.17, 15) is 18.0 Å². The van der Waals surface area contributed by atoms with Crippen LogP contribution in [-0.4, -0.2) is 17.4 Å². The molecule has 0 aliphatic heterocycles. The predicted molar refractivity (Wildman–Crippen MR) is 72.7 cm³/mol. The number of pyridine rings is 1. The van der Waals surface area contributed by atoms with Crippen LogP contribution in [0.25, 0.3) is 0 Å². The summed E-state index contributed by atoms with van der Waals surface area (Å²) in [5, 5.41) is 5.14. The monoisotopic (exact) mass is 295 g/mol. The molecule has 7 heteroatoms. The SMILES string of the molecule is CCNc1ccnc(C(=O)Nc2ccc(F)c(F)c2F)c1. The van der Waals surface area contributed by atoms with E-state index in [-0.39, 0.29) is 5.69 Å². The number of carbonyl (C=O) groups is 1. The van der Waals surface area contributed by atoms with Gasteiger partial charge >= 0.3 is 0 Å². The molecule has 0 radical (unpaired) electrons. The quantitative estimate of drug-likeness (QED) is 0.852. The first-order chi connectivity index (χ1) is 10.0. The van der Waals surface area contributed by atoms with Crippen LogP contribution < -0.4 is 10.6 Å². The molecule has 0 saturated carbocycles. The lowest BCUT2D eigenvalue weighted by Gasteiger charge is -2.08. The smallest absolute Gasteiger partial charge is 0.274 e. The number of hydrogen-bond donors (Lipinski definition) is 2. The number of nitrogens with one attached hydrogen (secondary N) is 2. The first-order valence-corrected chi connectivity index (χ1v) is 6.17. The highest BCUT2D eigenvalue weighted by atomic mass is 19.2. The number of benzene rings is 1. The van der Waals surface area contributed by atoms with Gasteiger partial charge in [0.05, 0.1) is 5.69 Å². The second kappa shape index (κ2) is 6.25. The summed E-state index contributed by atoms with van der Waals surface area (Å²) >= 11 is 0. The molecular formula is C14H12F3N3O. The Bertz CT molecular complexity index is 677. The molecule has 2 aromatic rings. The maximum Gasteiger partial charge on any atom is 0.274 e. The van der Waals surface area contributed by atoms with Crippen molar-refractivity contribution in [2.24, 2.45) is 0 Å². The van der Waals surface area contributed by atoms with Crippen molar-refractivity contribution in [3.63, 3.8) is 0 Å². The Hall–Kier alpha value is -2.57. The van der Waals surface area contributed by atoms with Crippen LogP contribution in [0.5, 0.6) is 0 Å². The van der Waals surface area contributed by atoms with Crippen molar-refractivity contribution < 1.29 is 18.0 Å². The molecule has 0 aliphatic carbocycles. The number of hydrogen-bond acceptors (Lipinski definition) is 3. The van der Waals surface area contributed by atoms with E-state index in [0.717, 1.165) is 12.1 Å². The van der Waals surface area contributed by atoms with Gasteiger partial charge in [0, 0.05) is 18.4 Å². The third kappa shape index (κ3) is 3.31. The highest BCUT2D eigenvalue weighted by molar-refractivity contribution is 6.03.